The molecule has 1 atom stereocenters. The predicted molar refractivity (Wildman–Crippen MR) is 157 cm³/mol. The van der Waals surface area contributed by atoms with Crippen molar-refractivity contribution in [1.82, 2.24) is 0 Å². The van der Waals surface area contributed by atoms with Crippen LogP contribution in [0.3, 0.4) is 0 Å². The fraction of sp³-hybridized carbons (Fsp3) is 0.765. The zero-order valence-corrected chi connectivity index (χ0v) is 24.8. The van der Waals surface area contributed by atoms with Crippen molar-refractivity contribution in [3.05, 3.63) is 24.3 Å². The second kappa shape index (κ2) is 19.1. The van der Waals surface area contributed by atoms with Crippen LogP contribution in [0.4, 0.5) is 0 Å². The fourth-order valence-corrected chi connectivity index (χ4v) is 5.76. The van der Waals surface area contributed by atoms with E-state index in [1.54, 1.807) is 19.1 Å². The van der Waals surface area contributed by atoms with Gasteiger partial charge in [0.25, 0.3) is 0 Å². The third kappa shape index (κ3) is 12.7. The van der Waals surface area contributed by atoms with Gasteiger partial charge in [0.05, 0.1) is 12.7 Å². The molecule has 1 aromatic carbocycles. The average molecular weight is 526 g/mol. The van der Waals surface area contributed by atoms with Gasteiger partial charge in [0.1, 0.15) is 11.5 Å². The SMILES string of the molecule is CCCCCCCCCCOc1ccc(OC(=O)C(C)(C#N)CC2CCC(CCCCCCC)CC2)cc1. The third-order valence-corrected chi connectivity index (χ3v) is 8.38. The molecule has 0 aliphatic heterocycles. The number of esters is 1. The number of carbonyl (C=O) groups is 1. The molecule has 1 aliphatic carbocycles. The lowest BCUT2D eigenvalue weighted by Crippen LogP contribution is -2.33. The Morgan fingerprint density at radius 3 is 1.87 bits per heavy atom. The molecule has 0 amide bonds. The second-order valence-corrected chi connectivity index (χ2v) is 11.9. The number of ether oxygens (including phenoxy) is 2. The first kappa shape index (κ1) is 32.2. The monoisotopic (exact) mass is 525 g/mol. The molecule has 0 bridgehead atoms. The first-order chi connectivity index (χ1) is 18.5. The highest BCUT2D eigenvalue weighted by Crippen LogP contribution is 2.39. The van der Waals surface area contributed by atoms with E-state index in [0.29, 0.717) is 24.7 Å². The molecule has 0 spiro atoms. The van der Waals surface area contributed by atoms with Crippen LogP contribution in [0, 0.1) is 28.6 Å². The van der Waals surface area contributed by atoms with Crippen molar-refractivity contribution in [2.24, 2.45) is 17.3 Å². The molecule has 1 unspecified atom stereocenters. The van der Waals surface area contributed by atoms with Crippen LogP contribution in [-0.2, 0) is 4.79 Å². The summed E-state index contributed by atoms with van der Waals surface area (Å²) in [6, 6.07) is 9.51. The number of carbonyl (C=O) groups excluding carboxylic acids is 1. The van der Waals surface area contributed by atoms with Gasteiger partial charge in [0, 0.05) is 0 Å². The third-order valence-electron chi connectivity index (χ3n) is 8.38. The average Bonchev–Trinajstić information content (AvgIpc) is 2.93. The van der Waals surface area contributed by atoms with E-state index in [9.17, 15) is 10.1 Å². The molecule has 0 saturated heterocycles. The van der Waals surface area contributed by atoms with Gasteiger partial charge in [0.15, 0.2) is 5.41 Å². The maximum atomic E-state index is 13.0. The van der Waals surface area contributed by atoms with E-state index in [1.807, 2.05) is 12.1 Å². The van der Waals surface area contributed by atoms with Gasteiger partial charge in [-0.3, -0.25) is 0 Å². The van der Waals surface area contributed by atoms with Gasteiger partial charge in [-0.15, -0.1) is 0 Å². The van der Waals surface area contributed by atoms with Gasteiger partial charge in [-0.1, -0.05) is 123 Å². The lowest BCUT2D eigenvalue weighted by molar-refractivity contribution is -0.142. The van der Waals surface area contributed by atoms with Gasteiger partial charge in [-0.2, -0.15) is 5.26 Å². The summed E-state index contributed by atoms with van der Waals surface area (Å²) in [5.74, 6) is 2.08. The summed E-state index contributed by atoms with van der Waals surface area (Å²) in [4.78, 5) is 13.0. The molecule has 1 fully saturated rings. The van der Waals surface area contributed by atoms with Crippen molar-refractivity contribution in [2.75, 3.05) is 6.61 Å². The van der Waals surface area contributed by atoms with E-state index >= 15 is 0 Å². The normalized spacial score (nSPS) is 18.9. The van der Waals surface area contributed by atoms with E-state index in [4.69, 9.17) is 9.47 Å². The highest BCUT2D eigenvalue weighted by molar-refractivity contribution is 5.81. The summed E-state index contributed by atoms with van der Waals surface area (Å²) in [7, 11) is 0. The van der Waals surface area contributed by atoms with Gasteiger partial charge < -0.3 is 9.47 Å². The van der Waals surface area contributed by atoms with E-state index < -0.39 is 11.4 Å². The molecule has 1 aliphatic rings. The van der Waals surface area contributed by atoms with Crippen molar-refractivity contribution in [2.45, 2.75) is 143 Å². The zero-order valence-electron chi connectivity index (χ0n) is 24.8. The Kier molecular flexibility index (Phi) is 16.2. The Hall–Kier alpha value is -2.02. The number of rotatable bonds is 20. The molecule has 2 rings (SSSR count). The standard InChI is InChI=1S/C34H55NO3/c1-4-6-8-10-11-12-14-16-26-37-31-22-24-32(25-23-31)38-33(36)34(3,28-35)27-30-20-18-29(19-21-30)17-15-13-9-7-5-2/h22-25,29-30H,4-21,26-27H2,1-3H3. The van der Waals surface area contributed by atoms with E-state index in [2.05, 4.69) is 19.9 Å². The van der Waals surface area contributed by atoms with Crippen LogP contribution in [-0.4, -0.2) is 12.6 Å². The summed E-state index contributed by atoms with van der Waals surface area (Å²) in [5.41, 5.74) is -1.11. The van der Waals surface area contributed by atoms with Crippen LogP contribution >= 0.6 is 0 Å². The minimum atomic E-state index is -1.11. The van der Waals surface area contributed by atoms with Crippen molar-refractivity contribution < 1.29 is 14.3 Å². The minimum Gasteiger partial charge on any atom is -0.494 e. The van der Waals surface area contributed by atoms with Crippen LogP contribution < -0.4 is 9.47 Å². The van der Waals surface area contributed by atoms with Crippen LogP contribution in [0.25, 0.3) is 0 Å². The summed E-state index contributed by atoms with van der Waals surface area (Å²) in [5, 5.41) is 9.89. The zero-order chi connectivity index (χ0) is 27.5. The Bertz CT molecular complexity index is 791. The Morgan fingerprint density at radius 2 is 1.29 bits per heavy atom. The Labute approximate surface area is 233 Å². The summed E-state index contributed by atoms with van der Waals surface area (Å²) < 4.78 is 11.5. The molecule has 4 heteroatoms. The van der Waals surface area contributed by atoms with Gasteiger partial charge in [-0.25, -0.2) is 4.79 Å². The topological polar surface area (TPSA) is 59.3 Å². The number of nitriles is 1. The van der Waals surface area contributed by atoms with Gasteiger partial charge in [0.2, 0.25) is 0 Å². The van der Waals surface area contributed by atoms with E-state index in [0.717, 1.165) is 30.9 Å². The van der Waals surface area contributed by atoms with Crippen LogP contribution in [0.5, 0.6) is 11.5 Å². The second-order valence-electron chi connectivity index (χ2n) is 11.9. The molecule has 1 saturated carbocycles. The first-order valence-corrected chi connectivity index (χ1v) is 15.9. The van der Waals surface area contributed by atoms with Gasteiger partial charge >= 0.3 is 5.97 Å². The van der Waals surface area contributed by atoms with Crippen LogP contribution in [0.15, 0.2) is 24.3 Å². The van der Waals surface area contributed by atoms with Gasteiger partial charge in [-0.05, 0) is 55.9 Å². The number of hydrogen-bond acceptors (Lipinski definition) is 4. The van der Waals surface area contributed by atoms with E-state index in [1.165, 1.54) is 96.3 Å². The Balaban J connectivity index is 1.67. The molecule has 38 heavy (non-hydrogen) atoms. The molecular formula is C34H55NO3. The predicted octanol–water partition coefficient (Wildman–Crippen LogP) is 10.2. The number of nitrogens with zero attached hydrogens (tertiary/aromatic N) is 1. The smallest absolute Gasteiger partial charge is 0.331 e. The molecule has 4 nitrogen and oxygen atoms in total. The van der Waals surface area contributed by atoms with Crippen LogP contribution in [0.1, 0.15) is 143 Å². The number of benzene rings is 1. The molecule has 0 radical (unpaired) electrons. The first-order valence-electron chi connectivity index (χ1n) is 15.9. The van der Waals surface area contributed by atoms with Crippen molar-refractivity contribution in [3.63, 3.8) is 0 Å². The largest absolute Gasteiger partial charge is 0.494 e. The Morgan fingerprint density at radius 1 is 0.789 bits per heavy atom. The van der Waals surface area contributed by atoms with Crippen LogP contribution in [0.2, 0.25) is 0 Å². The lowest BCUT2D eigenvalue weighted by Gasteiger charge is -2.32. The molecule has 0 N–H and O–H groups in total. The highest BCUT2D eigenvalue weighted by Gasteiger charge is 2.39. The highest BCUT2D eigenvalue weighted by atomic mass is 16.5. The maximum Gasteiger partial charge on any atom is 0.331 e. The maximum absolute atomic E-state index is 13.0. The molecule has 1 aromatic rings. The molecule has 214 valence electrons. The number of hydrogen-bond donors (Lipinski definition) is 0. The molecule has 0 aromatic heterocycles. The molecule has 0 heterocycles. The van der Waals surface area contributed by atoms with Crippen molar-refractivity contribution in [1.29, 1.82) is 5.26 Å². The lowest BCUT2D eigenvalue weighted by atomic mass is 9.72. The summed E-state index contributed by atoms with van der Waals surface area (Å²) in [6.45, 7) is 6.97. The summed E-state index contributed by atoms with van der Waals surface area (Å²) in [6.07, 6.45) is 23.6. The quantitative estimate of drug-likeness (QED) is 0.0965. The van der Waals surface area contributed by atoms with Crippen molar-refractivity contribution >= 4 is 5.97 Å². The number of unbranched alkanes of at least 4 members (excludes halogenated alkanes) is 11. The van der Waals surface area contributed by atoms with Crippen molar-refractivity contribution in [3.8, 4) is 17.6 Å². The van der Waals surface area contributed by atoms with E-state index in [-0.39, 0.29) is 0 Å². The minimum absolute atomic E-state index is 0.427. The summed E-state index contributed by atoms with van der Waals surface area (Å²) >= 11 is 0. The fourth-order valence-electron chi connectivity index (χ4n) is 5.76. The molecular weight excluding hydrogens is 470 g/mol.